The first-order valence-electron chi connectivity index (χ1n) is 5.98. The van der Waals surface area contributed by atoms with Crippen LogP contribution in [0.25, 0.3) is 0 Å². The molecule has 90 valence electrons. The van der Waals surface area contributed by atoms with Crippen molar-refractivity contribution in [3.8, 4) is 0 Å². The summed E-state index contributed by atoms with van der Waals surface area (Å²) in [6.07, 6.45) is 2.81. The Morgan fingerprint density at radius 2 is 2.24 bits per heavy atom. The van der Waals surface area contributed by atoms with Crippen LogP contribution in [0.5, 0.6) is 0 Å². The highest BCUT2D eigenvalue weighted by Gasteiger charge is 2.14. The van der Waals surface area contributed by atoms with Crippen LogP contribution in [0.4, 0.5) is 0 Å². The fourth-order valence-electron chi connectivity index (χ4n) is 2.02. The first-order valence-corrected chi connectivity index (χ1v) is 6.86. The molecule has 2 aromatic heterocycles. The molecule has 3 heteroatoms. The van der Waals surface area contributed by atoms with E-state index in [0.717, 1.165) is 18.7 Å². The average Bonchev–Trinajstić information content (AvgIpc) is 2.76. The van der Waals surface area contributed by atoms with Crippen molar-refractivity contribution in [3.63, 3.8) is 0 Å². The summed E-state index contributed by atoms with van der Waals surface area (Å²) < 4.78 is 0. The molecule has 2 heterocycles. The Labute approximate surface area is 107 Å². The predicted molar refractivity (Wildman–Crippen MR) is 73.4 cm³/mol. The van der Waals surface area contributed by atoms with E-state index in [1.807, 2.05) is 29.7 Å². The number of hydrogen-bond donors (Lipinski definition) is 1. The Morgan fingerprint density at radius 3 is 2.82 bits per heavy atom. The lowest BCUT2D eigenvalue weighted by atomic mass is 10.0. The van der Waals surface area contributed by atoms with Crippen LogP contribution in [0.2, 0.25) is 0 Å². The molecule has 1 N–H and O–H groups in total. The maximum absolute atomic E-state index is 4.40. The van der Waals surface area contributed by atoms with Crippen molar-refractivity contribution in [1.82, 2.24) is 10.3 Å². The molecule has 0 radical (unpaired) electrons. The van der Waals surface area contributed by atoms with E-state index < -0.39 is 0 Å². The fourth-order valence-corrected chi connectivity index (χ4v) is 2.79. The molecule has 0 fully saturated rings. The quantitative estimate of drug-likeness (QED) is 0.875. The fraction of sp³-hybridized carbons (Fsp3) is 0.357. The molecule has 0 amide bonds. The van der Waals surface area contributed by atoms with Crippen LogP contribution in [0.1, 0.15) is 29.1 Å². The Morgan fingerprint density at radius 1 is 1.35 bits per heavy atom. The molecule has 0 saturated carbocycles. The van der Waals surface area contributed by atoms with Gasteiger partial charge in [-0.15, -0.1) is 11.3 Å². The first kappa shape index (κ1) is 12.3. The van der Waals surface area contributed by atoms with Gasteiger partial charge in [-0.05, 0) is 42.6 Å². The lowest BCUT2D eigenvalue weighted by molar-refractivity contribution is 0.543. The highest BCUT2D eigenvalue weighted by molar-refractivity contribution is 7.10. The number of rotatable bonds is 5. The minimum Gasteiger partial charge on any atom is -0.310 e. The third kappa shape index (κ3) is 3.14. The first-order chi connectivity index (χ1) is 8.31. The summed E-state index contributed by atoms with van der Waals surface area (Å²) in [5, 5.41) is 5.70. The molecule has 0 aliphatic rings. The SMILES string of the molecule is CCNC(Cc1ccccn1)c1ccsc1C. The zero-order valence-corrected chi connectivity index (χ0v) is 11.1. The van der Waals surface area contributed by atoms with Crippen LogP contribution in [0.15, 0.2) is 35.8 Å². The van der Waals surface area contributed by atoms with Gasteiger partial charge in [-0.25, -0.2) is 0 Å². The molecule has 1 unspecified atom stereocenters. The van der Waals surface area contributed by atoms with Crippen LogP contribution >= 0.6 is 11.3 Å². The predicted octanol–water partition coefficient (Wildman–Crippen LogP) is 3.34. The van der Waals surface area contributed by atoms with Gasteiger partial charge in [0.05, 0.1) is 0 Å². The van der Waals surface area contributed by atoms with E-state index in [0.29, 0.717) is 6.04 Å². The van der Waals surface area contributed by atoms with Gasteiger partial charge in [0.2, 0.25) is 0 Å². The van der Waals surface area contributed by atoms with Gasteiger partial charge in [-0.3, -0.25) is 4.98 Å². The van der Waals surface area contributed by atoms with Crippen LogP contribution in [0.3, 0.4) is 0 Å². The standard InChI is InChI=1S/C14H18N2S/c1-3-15-14(13-7-9-17-11(13)2)10-12-6-4-5-8-16-12/h4-9,14-15H,3,10H2,1-2H3. The number of aryl methyl sites for hydroxylation is 1. The molecule has 1 atom stereocenters. The van der Waals surface area contributed by atoms with E-state index in [-0.39, 0.29) is 0 Å². The summed E-state index contributed by atoms with van der Waals surface area (Å²) in [5.41, 5.74) is 2.55. The maximum Gasteiger partial charge on any atom is 0.0422 e. The van der Waals surface area contributed by atoms with E-state index in [4.69, 9.17) is 0 Å². The lowest BCUT2D eigenvalue weighted by Gasteiger charge is -2.17. The molecular weight excluding hydrogens is 228 g/mol. The molecule has 0 spiro atoms. The summed E-state index contributed by atoms with van der Waals surface area (Å²) >= 11 is 1.81. The van der Waals surface area contributed by atoms with Gasteiger partial charge in [0.15, 0.2) is 0 Å². The summed E-state index contributed by atoms with van der Waals surface area (Å²) in [7, 11) is 0. The molecule has 0 saturated heterocycles. The normalized spacial score (nSPS) is 12.6. The number of pyridine rings is 1. The topological polar surface area (TPSA) is 24.9 Å². The minimum absolute atomic E-state index is 0.376. The Bertz CT molecular complexity index is 450. The van der Waals surface area contributed by atoms with Crippen molar-refractivity contribution in [2.45, 2.75) is 26.3 Å². The van der Waals surface area contributed by atoms with Crippen molar-refractivity contribution in [2.24, 2.45) is 0 Å². The van der Waals surface area contributed by atoms with Crippen molar-refractivity contribution in [2.75, 3.05) is 6.54 Å². The molecule has 0 aliphatic heterocycles. The van der Waals surface area contributed by atoms with Gasteiger partial charge in [0.1, 0.15) is 0 Å². The molecule has 0 aromatic carbocycles. The van der Waals surface area contributed by atoms with Gasteiger partial charge in [0, 0.05) is 29.2 Å². The van der Waals surface area contributed by atoms with Gasteiger partial charge in [0.25, 0.3) is 0 Å². The van der Waals surface area contributed by atoms with Gasteiger partial charge in [-0.2, -0.15) is 0 Å². The number of nitrogens with one attached hydrogen (secondary N) is 1. The third-order valence-electron chi connectivity index (χ3n) is 2.86. The highest BCUT2D eigenvalue weighted by atomic mass is 32.1. The third-order valence-corrected chi connectivity index (χ3v) is 3.73. The molecule has 2 nitrogen and oxygen atoms in total. The second kappa shape index (κ2) is 5.94. The van der Waals surface area contributed by atoms with Gasteiger partial charge >= 0.3 is 0 Å². The average molecular weight is 246 g/mol. The van der Waals surface area contributed by atoms with E-state index in [1.165, 1.54) is 10.4 Å². The molecule has 2 aromatic rings. The van der Waals surface area contributed by atoms with Crippen molar-refractivity contribution in [1.29, 1.82) is 0 Å². The van der Waals surface area contributed by atoms with Crippen molar-refractivity contribution in [3.05, 3.63) is 52.0 Å². The summed E-state index contributed by atoms with van der Waals surface area (Å²) in [6.45, 7) is 5.31. The number of hydrogen-bond acceptors (Lipinski definition) is 3. The van der Waals surface area contributed by atoms with Crippen LogP contribution in [0, 0.1) is 6.92 Å². The van der Waals surface area contributed by atoms with Crippen LogP contribution in [-0.4, -0.2) is 11.5 Å². The largest absolute Gasteiger partial charge is 0.310 e. The zero-order chi connectivity index (χ0) is 12.1. The Hall–Kier alpha value is -1.19. The van der Waals surface area contributed by atoms with Crippen LogP contribution < -0.4 is 5.32 Å². The summed E-state index contributed by atoms with van der Waals surface area (Å²) in [4.78, 5) is 5.80. The Balaban J connectivity index is 2.16. The van der Waals surface area contributed by atoms with Crippen molar-refractivity contribution >= 4 is 11.3 Å². The molecule has 0 aliphatic carbocycles. The van der Waals surface area contributed by atoms with E-state index >= 15 is 0 Å². The number of nitrogens with zero attached hydrogens (tertiary/aromatic N) is 1. The lowest BCUT2D eigenvalue weighted by Crippen LogP contribution is -2.23. The Kier molecular flexibility index (Phi) is 4.29. The van der Waals surface area contributed by atoms with Crippen molar-refractivity contribution < 1.29 is 0 Å². The number of likely N-dealkylation sites (N-methyl/N-ethyl adjacent to an activating group) is 1. The summed E-state index contributed by atoms with van der Waals surface area (Å²) in [6, 6.07) is 8.69. The highest BCUT2D eigenvalue weighted by Crippen LogP contribution is 2.24. The maximum atomic E-state index is 4.40. The van der Waals surface area contributed by atoms with Crippen LogP contribution in [-0.2, 0) is 6.42 Å². The van der Waals surface area contributed by atoms with E-state index in [2.05, 4.69) is 41.7 Å². The van der Waals surface area contributed by atoms with Gasteiger partial charge in [-0.1, -0.05) is 13.0 Å². The molecule has 17 heavy (non-hydrogen) atoms. The summed E-state index contributed by atoms with van der Waals surface area (Å²) in [5.74, 6) is 0. The zero-order valence-electron chi connectivity index (χ0n) is 10.3. The minimum atomic E-state index is 0.376. The van der Waals surface area contributed by atoms with Gasteiger partial charge < -0.3 is 5.32 Å². The molecule has 0 bridgehead atoms. The molecular formula is C14H18N2S. The second-order valence-corrected chi connectivity index (χ2v) is 5.19. The molecule has 2 rings (SSSR count). The monoisotopic (exact) mass is 246 g/mol. The van der Waals surface area contributed by atoms with E-state index in [1.54, 1.807) is 0 Å². The smallest absolute Gasteiger partial charge is 0.0422 e. The van der Waals surface area contributed by atoms with E-state index in [9.17, 15) is 0 Å². The number of aromatic nitrogens is 1. The second-order valence-electron chi connectivity index (χ2n) is 4.07. The number of thiophene rings is 1.